The fourth-order valence-electron chi connectivity index (χ4n) is 3.31. The van der Waals surface area contributed by atoms with Gasteiger partial charge in [-0.15, -0.1) is 0 Å². The van der Waals surface area contributed by atoms with Crippen LogP contribution in [0.2, 0.25) is 0 Å². The molecule has 1 saturated carbocycles. The molecule has 2 aromatic rings. The SMILES string of the molecule is CSC1CCCC/C1=N/n1c(-c2ccccc2)cc(C(F)(F)F)c(C#N)c1=O. The van der Waals surface area contributed by atoms with Crippen LogP contribution in [0.15, 0.2) is 46.3 Å². The molecule has 0 bridgehead atoms. The highest BCUT2D eigenvalue weighted by atomic mass is 32.2. The summed E-state index contributed by atoms with van der Waals surface area (Å²) in [6.45, 7) is 0. The Morgan fingerprint density at radius 1 is 1.25 bits per heavy atom. The molecule has 1 aliphatic rings. The van der Waals surface area contributed by atoms with Gasteiger partial charge in [0.25, 0.3) is 5.56 Å². The predicted molar refractivity (Wildman–Crippen MR) is 104 cm³/mol. The zero-order chi connectivity index (χ0) is 20.3. The Morgan fingerprint density at radius 3 is 2.57 bits per heavy atom. The molecule has 8 heteroatoms. The fourth-order valence-corrected chi connectivity index (χ4v) is 4.15. The first-order valence-corrected chi connectivity index (χ1v) is 10.1. The molecular formula is C20H18F3N3OS. The summed E-state index contributed by atoms with van der Waals surface area (Å²) in [7, 11) is 0. The van der Waals surface area contributed by atoms with Crippen molar-refractivity contribution in [2.45, 2.75) is 37.1 Å². The molecule has 1 atom stereocenters. The van der Waals surface area contributed by atoms with Crippen molar-refractivity contribution in [1.82, 2.24) is 4.68 Å². The lowest BCUT2D eigenvalue weighted by Gasteiger charge is -2.23. The van der Waals surface area contributed by atoms with Gasteiger partial charge >= 0.3 is 6.18 Å². The third kappa shape index (κ3) is 3.99. The van der Waals surface area contributed by atoms with Crippen LogP contribution in [0.25, 0.3) is 11.3 Å². The summed E-state index contributed by atoms with van der Waals surface area (Å²) in [6.07, 6.45) is 0.668. The van der Waals surface area contributed by atoms with Crippen molar-refractivity contribution in [2.75, 3.05) is 6.26 Å². The van der Waals surface area contributed by atoms with E-state index in [0.29, 0.717) is 12.0 Å². The van der Waals surface area contributed by atoms with Gasteiger partial charge in [-0.05, 0) is 31.6 Å². The lowest BCUT2D eigenvalue weighted by molar-refractivity contribution is -0.137. The molecule has 1 fully saturated rings. The predicted octanol–water partition coefficient (Wildman–Crippen LogP) is 4.92. The van der Waals surface area contributed by atoms with E-state index in [2.05, 4.69) is 5.10 Å². The Morgan fingerprint density at radius 2 is 1.96 bits per heavy atom. The van der Waals surface area contributed by atoms with E-state index in [0.717, 1.165) is 35.7 Å². The first kappa shape index (κ1) is 20.2. The molecule has 0 radical (unpaired) electrons. The minimum Gasteiger partial charge on any atom is -0.266 e. The van der Waals surface area contributed by atoms with E-state index in [4.69, 9.17) is 0 Å². The number of aromatic nitrogens is 1. The van der Waals surface area contributed by atoms with E-state index < -0.39 is 22.9 Å². The average molecular weight is 405 g/mol. The van der Waals surface area contributed by atoms with Gasteiger partial charge in [0, 0.05) is 10.8 Å². The van der Waals surface area contributed by atoms with Crippen LogP contribution >= 0.6 is 11.8 Å². The number of nitriles is 1. The largest absolute Gasteiger partial charge is 0.417 e. The molecule has 1 aliphatic carbocycles. The molecule has 1 unspecified atom stereocenters. The van der Waals surface area contributed by atoms with Gasteiger partial charge in [0.1, 0.15) is 11.6 Å². The number of nitrogens with zero attached hydrogens (tertiary/aromatic N) is 3. The first-order valence-electron chi connectivity index (χ1n) is 8.80. The lowest BCUT2D eigenvalue weighted by atomic mass is 9.98. The number of alkyl halides is 3. The van der Waals surface area contributed by atoms with Gasteiger partial charge in [-0.2, -0.15) is 40.0 Å². The maximum absolute atomic E-state index is 13.5. The van der Waals surface area contributed by atoms with Gasteiger partial charge in [-0.3, -0.25) is 4.79 Å². The smallest absolute Gasteiger partial charge is 0.266 e. The Hall–Kier alpha value is -2.53. The summed E-state index contributed by atoms with van der Waals surface area (Å²) >= 11 is 1.61. The van der Waals surface area contributed by atoms with Gasteiger partial charge in [-0.1, -0.05) is 36.8 Å². The summed E-state index contributed by atoms with van der Waals surface area (Å²) in [5.41, 5.74) is -2.01. The molecule has 1 aromatic heterocycles. The topological polar surface area (TPSA) is 58.1 Å². The van der Waals surface area contributed by atoms with Gasteiger partial charge < -0.3 is 0 Å². The standard InChI is InChI=1S/C20H18F3N3OS/c1-28-18-10-6-5-9-16(18)25-26-17(13-7-3-2-4-8-13)11-15(20(21,22)23)14(12-24)19(26)27/h2-4,7-8,11,18H,5-6,9-10H2,1H3/b25-16-. The molecule has 0 amide bonds. The lowest BCUT2D eigenvalue weighted by Crippen LogP contribution is -2.29. The highest BCUT2D eigenvalue weighted by Gasteiger charge is 2.36. The molecule has 0 spiro atoms. The van der Waals surface area contributed by atoms with Crippen LogP contribution in [-0.2, 0) is 6.18 Å². The minimum atomic E-state index is -4.81. The van der Waals surface area contributed by atoms with Gasteiger partial charge in [0.15, 0.2) is 0 Å². The van der Waals surface area contributed by atoms with E-state index >= 15 is 0 Å². The first-order chi connectivity index (χ1) is 13.4. The van der Waals surface area contributed by atoms with Crippen molar-refractivity contribution >= 4 is 17.5 Å². The van der Waals surface area contributed by atoms with Crippen LogP contribution in [0.5, 0.6) is 0 Å². The van der Waals surface area contributed by atoms with Crippen LogP contribution in [0.1, 0.15) is 36.8 Å². The van der Waals surface area contributed by atoms with Crippen molar-refractivity contribution < 1.29 is 13.2 Å². The Labute approximate surface area is 164 Å². The zero-order valence-corrected chi connectivity index (χ0v) is 16.0. The van der Waals surface area contributed by atoms with Crippen LogP contribution in [-0.4, -0.2) is 21.9 Å². The summed E-state index contributed by atoms with van der Waals surface area (Å²) in [6, 6.07) is 10.6. The third-order valence-corrected chi connectivity index (χ3v) is 5.78. The zero-order valence-electron chi connectivity index (χ0n) is 15.2. The molecule has 1 aromatic carbocycles. The average Bonchev–Trinajstić information content (AvgIpc) is 2.69. The number of hydrogen-bond donors (Lipinski definition) is 0. The quantitative estimate of drug-likeness (QED) is 0.729. The van der Waals surface area contributed by atoms with Crippen LogP contribution in [0.4, 0.5) is 13.2 Å². The number of thioether (sulfide) groups is 1. The maximum Gasteiger partial charge on any atom is 0.417 e. The fraction of sp³-hybridized carbons (Fsp3) is 0.350. The van der Waals surface area contributed by atoms with E-state index in [1.54, 1.807) is 42.1 Å². The Bertz CT molecular complexity index is 991. The number of hydrogen-bond acceptors (Lipinski definition) is 4. The molecule has 1 heterocycles. The van der Waals surface area contributed by atoms with Crippen molar-refractivity contribution in [3.05, 3.63) is 57.9 Å². The highest BCUT2D eigenvalue weighted by molar-refractivity contribution is 7.99. The summed E-state index contributed by atoms with van der Waals surface area (Å²) in [5.74, 6) is 0. The Balaban J connectivity index is 2.32. The summed E-state index contributed by atoms with van der Waals surface area (Å²) in [4.78, 5) is 12.9. The molecular weight excluding hydrogens is 387 g/mol. The number of pyridine rings is 1. The van der Waals surface area contributed by atoms with Crippen LogP contribution in [0.3, 0.4) is 0 Å². The second-order valence-corrected chi connectivity index (χ2v) is 7.51. The maximum atomic E-state index is 13.5. The summed E-state index contributed by atoms with van der Waals surface area (Å²) < 4.78 is 41.4. The third-order valence-electron chi connectivity index (χ3n) is 4.71. The minimum absolute atomic E-state index is 0.0230. The number of benzene rings is 1. The van der Waals surface area contributed by atoms with E-state index in [9.17, 15) is 23.2 Å². The number of rotatable bonds is 3. The van der Waals surface area contributed by atoms with Crippen molar-refractivity contribution in [1.29, 1.82) is 5.26 Å². The Kier molecular flexibility index (Phi) is 5.94. The van der Waals surface area contributed by atoms with E-state index in [-0.39, 0.29) is 10.9 Å². The molecule has 146 valence electrons. The van der Waals surface area contributed by atoms with Crippen LogP contribution < -0.4 is 5.56 Å². The molecule has 28 heavy (non-hydrogen) atoms. The highest BCUT2D eigenvalue weighted by Crippen LogP contribution is 2.34. The molecule has 3 rings (SSSR count). The monoisotopic (exact) mass is 405 g/mol. The van der Waals surface area contributed by atoms with E-state index in [1.165, 1.54) is 6.07 Å². The molecule has 4 nitrogen and oxygen atoms in total. The van der Waals surface area contributed by atoms with Gasteiger partial charge in [0.2, 0.25) is 0 Å². The molecule has 0 N–H and O–H groups in total. The molecule has 0 saturated heterocycles. The second kappa shape index (κ2) is 8.23. The van der Waals surface area contributed by atoms with Crippen molar-refractivity contribution in [3.8, 4) is 17.3 Å². The second-order valence-electron chi connectivity index (χ2n) is 6.47. The summed E-state index contributed by atoms with van der Waals surface area (Å²) in [5, 5.41) is 13.8. The van der Waals surface area contributed by atoms with E-state index in [1.807, 2.05) is 6.26 Å². The van der Waals surface area contributed by atoms with Gasteiger partial charge in [-0.25, -0.2) is 0 Å². The van der Waals surface area contributed by atoms with Crippen LogP contribution in [0, 0.1) is 11.3 Å². The van der Waals surface area contributed by atoms with Gasteiger partial charge in [0.05, 0.1) is 17.0 Å². The normalized spacial score (nSPS) is 18.8. The van der Waals surface area contributed by atoms with Crippen molar-refractivity contribution in [2.24, 2.45) is 5.10 Å². The molecule has 0 aliphatic heterocycles. The van der Waals surface area contributed by atoms with Crippen molar-refractivity contribution in [3.63, 3.8) is 0 Å². The number of halogens is 3.